The van der Waals surface area contributed by atoms with Crippen molar-refractivity contribution in [2.24, 2.45) is 0 Å². The summed E-state index contributed by atoms with van der Waals surface area (Å²) in [4.78, 5) is 6.85. The predicted octanol–water partition coefficient (Wildman–Crippen LogP) is 3.45. The maximum absolute atomic E-state index is 6.19. The van der Waals surface area contributed by atoms with E-state index in [4.69, 9.17) is 11.6 Å². The first-order valence-corrected chi connectivity index (χ1v) is 7.74. The third-order valence-corrected chi connectivity index (χ3v) is 4.41. The summed E-state index contributed by atoms with van der Waals surface area (Å²) in [6.45, 7) is 2.84. The summed E-state index contributed by atoms with van der Waals surface area (Å²) in [6.07, 6.45) is 2.94. The van der Waals surface area contributed by atoms with E-state index in [1.807, 2.05) is 7.05 Å². The topological polar surface area (TPSA) is 28.2 Å². The van der Waals surface area contributed by atoms with Crippen molar-refractivity contribution in [3.63, 3.8) is 0 Å². The first kappa shape index (κ1) is 14.4. The fourth-order valence-corrected chi connectivity index (χ4v) is 3.10. The molecule has 0 spiro atoms. The van der Waals surface area contributed by atoms with Crippen molar-refractivity contribution in [3.8, 4) is 0 Å². The number of nitrogens with one attached hydrogen (secondary N) is 1. The summed E-state index contributed by atoms with van der Waals surface area (Å²) >= 11 is 6.19. The maximum Gasteiger partial charge on any atom is 0.128 e. The average Bonchev–Trinajstić information content (AvgIpc) is 3.00. The molecule has 1 aromatic heterocycles. The fourth-order valence-electron chi connectivity index (χ4n) is 2.93. The standard InChI is InChI=1S/C17H20ClN3/c1-19-10-15-9-17(20-11-16(15)18)21-8-7-14(12-21)13-5-3-2-4-6-13/h2-6,9,11,14,19H,7-8,10,12H2,1H3. The van der Waals surface area contributed by atoms with Gasteiger partial charge in [0.15, 0.2) is 0 Å². The monoisotopic (exact) mass is 301 g/mol. The second-order valence-electron chi connectivity index (χ2n) is 5.51. The molecule has 1 aromatic carbocycles. The normalized spacial score (nSPS) is 18.2. The predicted molar refractivity (Wildman–Crippen MR) is 88.0 cm³/mol. The van der Waals surface area contributed by atoms with Crippen LogP contribution in [0.3, 0.4) is 0 Å². The number of pyridine rings is 1. The van der Waals surface area contributed by atoms with Gasteiger partial charge in [0.25, 0.3) is 0 Å². The summed E-state index contributed by atoms with van der Waals surface area (Å²) in [5, 5.41) is 3.88. The summed E-state index contributed by atoms with van der Waals surface area (Å²) in [5.74, 6) is 1.62. The average molecular weight is 302 g/mol. The first-order chi connectivity index (χ1) is 10.3. The lowest BCUT2D eigenvalue weighted by Crippen LogP contribution is -2.21. The number of halogens is 1. The van der Waals surface area contributed by atoms with Crippen LogP contribution in [0.15, 0.2) is 42.6 Å². The summed E-state index contributed by atoms with van der Waals surface area (Å²) in [7, 11) is 1.93. The van der Waals surface area contributed by atoms with Gasteiger partial charge in [0.1, 0.15) is 5.82 Å². The minimum Gasteiger partial charge on any atom is -0.356 e. The van der Waals surface area contributed by atoms with Gasteiger partial charge in [-0.3, -0.25) is 0 Å². The van der Waals surface area contributed by atoms with Crippen molar-refractivity contribution >= 4 is 17.4 Å². The number of hydrogen-bond donors (Lipinski definition) is 1. The molecule has 1 atom stereocenters. The molecular weight excluding hydrogens is 282 g/mol. The van der Waals surface area contributed by atoms with Gasteiger partial charge in [0.2, 0.25) is 0 Å². The molecule has 4 heteroatoms. The molecule has 1 saturated heterocycles. The zero-order valence-electron chi connectivity index (χ0n) is 12.2. The van der Waals surface area contributed by atoms with Crippen LogP contribution < -0.4 is 10.2 Å². The number of rotatable bonds is 4. The Morgan fingerprint density at radius 3 is 2.90 bits per heavy atom. The molecule has 110 valence electrons. The minimum atomic E-state index is 0.594. The Kier molecular flexibility index (Phi) is 4.42. The Bertz CT molecular complexity index is 600. The zero-order chi connectivity index (χ0) is 14.7. The molecule has 21 heavy (non-hydrogen) atoms. The molecule has 0 aliphatic carbocycles. The molecule has 3 rings (SSSR count). The highest BCUT2D eigenvalue weighted by atomic mass is 35.5. The van der Waals surface area contributed by atoms with Gasteiger partial charge in [-0.05, 0) is 30.7 Å². The van der Waals surface area contributed by atoms with Crippen LogP contribution in [-0.2, 0) is 6.54 Å². The van der Waals surface area contributed by atoms with Crippen LogP contribution in [0.4, 0.5) is 5.82 Å². The van der Waals surface area contributed by atoms with Gasteiger partial charge in [-0.15, -0.1) is 0 Å². The van der Waals surface area contributed by atoms with Crippen LogP contribution in [-0.4, -0.2) is 25.1 Å². The largest absolute Gasteiger partial charge is 0.356 e. The maximum atomic E-state index is 6.19. The zero-order valence-corrected chi connectivity index (χ0v) is 13.0. The lowest BCUT2D eigenvalue weighted by molar-refractivity contribution is 0.773. The third-order valence-electron chi connectivity index (χ3n) is 4.07. The van der Waals surface area contributed by atoms with Gasteiger partial charge in [-0.2, -0.15) is 0 Å². The van der Waals surface area contributed by atoms with Crippen molar-refractivity contribution in [2.75, 3.05) is 25.0 Å². The number of nitrogens with zero attached hydrogens (tertiary/aromatic N) is 2. The second kappa shape index (κ2) is 6.46. The fraction of sp³-hybridized carbons (Fsp3) is 0.353. The van der Waals surface area contributed by atoms with Gasteiger partial charge in [0.05, 0.1) is 5.02 Å². The van der Waals surface area contributed by atoms with E-state index in [2.05, 4.69) is 51.6 Å². The molecule has 2 aromatic rings. The van der Waals surface area contributed by atoms with E-state index in [1.54, 1.807) is 6.20 Å². The number of hydrogen-bond acceptors (Lipinski definition) is 3. The van der Waals surface area contributed by atoms with Crippen molar-refractivity contribution in [2.45, 2.75) is 18.9 Å². The third kappa shape index (κ3) is 3.20. The lowest BCUT2D eigenvalue weighted by Gasteiger charge is -2.19. The highest BCUT2D eigenvalue weighted by molar-refractivity contribution is 6.31. The van der Waals surface area contributed by atoms with Crippen LogP contribution in [0, 0.1) is 0 Å². The Hall–Kier alpha value is -1.58. The van der Waals surface area contributed by atoms with E-state index in [-0.39, 0.29) is 0 Å². The smallest absolute Gasteiger partial charge is 0.128 e. The van der Waals surface area contributed by atoms with E-state index in [9.17, 15) is 0 Å². The van der Waals surface area contributed by atoms with Crippen LogP contribution in [0.2, 0.25) is 5.02 Å². The molecule has 0 radical (unpaired) electrons. The molecular formula is C17H20ClN3. The van der Waals surface area contributed by atoms with Crippen molar-refractivity contribution < 1.29 is 0 Å². The number of benzene rings is 1. The van der Waals surface area contributed by atoms with Crippen molar-refractivity contribution in [1.82, 2.24) is 10.3 Å². The highest BCUT2D eigenvalue weighted by Gasteiger charge is 2.24. The van der Waals surface area contributed by atoms with Gasteiger partial charge in [-0.1, -0.05) is 41.9 Å². The molecule has 1 aliphatic rings. The van der Waals surface area contributed by atoms with Crippen LogP contribution in [0.25, 0.3) is 0 Å². The first-order valence-electron chi connectivity index (χ1n) is 7.37. The van der Waals surface area contributed by atoms with Gasteiger partial charge in [-0.25, -0.2) is 4.98 Å². The minimum absolute atomic E-state index is 0.594. The molecule has 0 bridgehead atoms. The molecule has 0 amide bonds. The van der Waals surface area contributed by atoms with E-state index >= 15 is 0 Å². The van der Waals surface area contributed by atoms with Crippen molar-refractivity contribution in [3.05, 3.63) is 58.7 Å². The number of anilines is 1. The summed E-state index contributed by atoms with van der Waals surface area (Å²) in [6, 6.07) is 12.8. The van der Waals surface area contributed by atoms with Crippen LogP contribution in [0.5, 0.6) is 0 Å². The van der Waals surface area contributed by atoms with Gasteiger partial charge < -0.3 is 10.2 Å². The Labute approximate surface area is 131 Å². The molecule has 0 saturated carbocycles. The molecule has 1 N–H and O–H groups in total. The molecule has 1 fully saturated rings. The Morgan fingerprint density at radius 1 is 1.33 bits per heavy atom. The SMILES string of the molecule is CNCc1cc(N2CCC(c3ccccc3)C2)ncc1Cl. The highest BCUT2D eigenvalue weighted by Crippen LogP contribution is 2.30. The van der Waals surface area contributed by atoms with E-state index < -0.39 is 0 Å². The lowest BCUT2D eigenvalue weighted by atomic mass is 9.99. The number of aromatic nitrogens is 1. The molecule has 3 nitrogen and oxygen atoms in total. The second-order valence-corrected chi connectivity index (χ2v) is 5.91. The van der Waals surface area contributed by atoms with Crippen LogP contribution in [0.1, 0.15) is 23.5 Å². The molecule has 1 aliphatic heterocycles. The summed E-state index contributed by atoms with van der Waals surface area (Å²) in [5.41, 5.74) is 2.52. The summed E-state index contributed by atoms with van der Waals surface area (Å²) < 4.78 is 0. The van der Waals surface area contributed by atoms with Gasteiger partial charge in [0, 0.05) is 31.7 Å². The van der Waals surface area contributed by atoms with Gasteiger partial charge >= 0.3 is 0 Å². The van der Waals surface area contributed by atoms with Crippen molar-refractivity contribution in [1.29, 1.82) is 0 Å². The molecule has 2 heterocycles. The van der Waals surface area contributed by atoms with E-state index in [0.29, 0.717) is 5.92 Å². The quantitative estimate of drug-likeness (QED) is 0.937. The molecule has 1 unspecified atom stereocenters. The van der Waals surface area contributed by atoms with Crippen LogP contribution >= 0.6 is 11.6 Å². The van der Waals surface area contributed by atoms with E-state index in [0.717, 1.165) is 36.0 Å². The Morgan fingerprint density at radius 2 is 2.14 bits per heavy atom. The Balaban J connectivity index is 1.75. The van der Waals surface area contributed by atoms with E-state index in [1.165, 1.54) is 12.0 Å².